The molecule has 8 heteroatoms. The Morgan fingerprint density at radius 1 is 1.00 bits per heavy atom. The molecule has 0 amide bonds. The van der Waals surface area contributed by atoms with Gasteiger partial charge < -0.3 is 9.68 Å². The van der Waals surface area contributed by atoms with Crippen LogP contribution in [0.2, 0.25) is 0 Å². The highest BCUT2D eigenvalue weighted by Crippen LogP contribution is 2.23. The summed E-state index contributed by atoms with van der Waals surface area (Å²) in [7, 11) is 0. The van der Waals surface area contributed by atoms with Crippen molar-refractivity contribution >= 4 is 0 Å². The molecule has 0 aromatic carbocycles. The predicted molar refractivity (Wildman–Crippen MR) is 42.2 cm³/mol. The van der Waals surface area contributed by atoms with E-state index in [1.165, 1.54) is 0 Å². The summed E-state index contributed by atoms with van der Waals surface area (Å²) in [5.74, 6) is 0. The second-order valence-corrected chi connectivity index (χ2v) is 3.07. The molecule has 0 aromatic rings. The van der Waals surface area contributed by atoms with Crippen LogP contribution in [0.25, 0.3) is 0 Å². The monoisotopic (exact) mass is 206 g/mol. The molecule has 0 aromatic heterocycles. The van der Waals surface area contributed by atoms with Crippen molar-refractivity contribution in [2.24, 2.45) is 0 Å². The van der Waals surface area contributed by atoms with Gasteiger partial charge in [0, 0.05) is 6.42 Å². The third kappa shape index (κ3) is 3.42. The minimum Gasteiger partial charge on any atom is -0.311 e. The summed E-state index contributed by atoms with van der Waals surface area (Å²) in [5.41, 5.74) is 0. The first-order valence-electron chi connectivity index (χ1n) is 4.20. The molecule has 80 valence electrons. The highest BCUT2D eigenvalue weighted by Gasteiger charge is 2.26. The third-order valence-electron chi connectivity index (χ3n) is 2.05. The Morgan fingerprint density at radius 3 is 1.79 bits per heavy atom. The van der Waals surface area contributed by atoms with Crippen LogP contribution in [0.3, 0.4) is 0 Å². The van der Waals surface area contributed by atoms with E-state index >= 15 is 0 Å². The molecule has 0 aliphatic heterocycles. The largest absolute Gasteiger partial charge is 0.311 e. The third-order valence-corrected chi connectivity index (χ3v) is 2.05. The molecule has 0 N–H and O–H groups in total. The van der Waals surface area contributed by atoms with Gasteiger partial charge >= 0.3 is 0 Å². The van der Waals surface area contributed by atoms with Crippen LogP contribution in [0.15, 0.2) is 0 Å². The molecule has 2 unspecified atom stereocenters. The van der Waals surface area contributed by atoms with Crippen LogP contribution >= 0.6 is 0 Å². The lowest BCUT2D eigenvalue weighted by Crippen LogP contribution is -2.31. The molecule has 0 saturated heterocycles. The van der Waals surface area contributed by atoms with Gasteiger partial charge in [0.15, 0.2) is 0 Å². The normalized spacial score (nSPS) is 26.6. The Hall–Kier alpha value is -1.60. The molecule has 0 bridgehead atoms. The maximum atomic E-state index is 10.0. The van der Waals surface area contributed by atoms with Crippen LogP contribution in [0.4, 0.5) is 0 Å². The minimum atomic E-state index is -0.876. The number of rotatable bonds is 4. The van der Waals surface area contributed by atoms with Crippen molar-refractivity contribution in [3.63, 3.8) is 0 Å². The van der Waals surface area contributed by atoms with Crippen LogP contribution in [-0.4, -0.2) is 22.4 Å². The lowest BCUT2D eigenvalue weighted by atomic mass is 9.95. The van der Waals surface area contributed by atoms with Gasteiger partial charge in [0.25, 0.3) is 10.2 Å². The van der Waals surface area contributed by atoms with Crippen LogP contribution in [0, 0.1) is 20.2 Å². The van der Waals surface area contributed by atoms with Crippen LogP contribution in [0.5, 0.6) is 0 Å². The Kier molecular flexibility index (Phi) is 3.43. The molecule has 1 aliphatic carbocycles. The van der Waals surface area contributed by atoms with Crippen LogP contribution in [-0.2, 0) is 9.68 Å². The van der Waals surface area contributed by atoms with Crippen molar-refractivity contribution in [2.45, 2.75) is 37.9 Å². The maximum absolute atomic E-state index is 10.0. The summed E-state index contributed by atoms with van der Waals surface area (Å²) < 4.78 is 0. The molecule has 8 nitrogen and oxygen atoms in total. The Bertz CT molecular complexity index is 210. The Balaban J connectivity index is 2.35. The number of nitrogens with zero attached hydrogens (tertiary/aromatic N) is 2. The zero-order chi connectivity index (χ0) is 10.6. The van der Waals surface area contributed by atoms with Gasteiger partial charge in [-0.3, -0.25) is 0 Å². The average Bonchev–Trinajstić information content (AvgIpc) is 2.01. The van der Waals surface area contributed by atoms with Gasteiger partial charge in [0.05, 0.1) is 0 Å². The van der Waals surface area contributed by atoms with E-state index in [9.17, 15) is 20.2 Å². The van der Waals surface area contributed by atoms with E-state index in [4.69, 9.17) is 0 Å². The Morgan fingerprint density at radius 2 is 1.43 bits per heavy atom. The average molecular weight is 206 g/mol. The fourth-order valence-electron chi connectivity index (χ4n) is 1.54. The number of hydrogen-bond acceptors (Lipinski definition) is 6. The molecule has 0 radical (unpaired) electrons. The first-order valence-corrected chi connectivity index (χ1v) is 4.20. The van der Waals surface area contributed by atoms with E-state index in [2.05, 4.69) is 9.68 Å². The van der Waals surface area contributed by atoms with Crippen LogP contribution in [0.1, 0.15) is 25.7 Å². The topological polar surface area (TPSA) is 105 Å². The quantitative estimate of drug-likeness (QED) is 0.495. The lowest BCUT2D eigenvalue weighted by Gasteiger charge is -2.25. The van der Waals surface area contributed by atoms with Crippen molar-refractivity contribution in [1.29, 1.82) is 0 Å². The summed E-state index contributed by atoms with van der Waals surface area (Å²) in [6, 6.07) is 0. The molecular formula is C6H10N2O6. The summed E-state index contributed by atoms with van der Waals surface area (Å²) >= 11 is 0. The van der Waals surface area contributed by atoms with Crippen molar-refractivity contribution in [3.8, 4) is 0 Å². The summed E-state index contributed by atoms with van der Waals surface area (Å²) in [6.45, 7) is 0. The van der Waals surface area contributed by atoms with Gasteiger partial charge in [-0.25, -0.2) is 0 Å². The molecule has 1 aliphatic rings. The smallest absolute Gasteiger partial charge is 0.294 e. The second kappa shape index (κ2) is 4.58. The SMILES string of the molecule is O=[N+]([O-])OC1CCCC(O[N+](=O)[O-])C1. The van der Waals surface area contributed by atoms with Gasteiger partial charge in [0.2, 0.25) is 0 Å². The molecule has 0 spiro atoms. The van der Waals surface area contributed by atoms with E-state index in [1.54, 1.807) is 0 Å². The fourth-order valence-corrected chi connectivity index (χ4v) is 1.54. The summed E-state index contributed by atoms with van der Waals surface area (Å²) in [5, 5.41) is 18.3. The highest BCUT2D eigenvalue weighted by molar-refractivity contribution is 4.71. The second-order valence-electron chi connectivity index (χ2n) is 3.07. The molecule has 14 heavy (non-hydrogen) atoms. The van der Waals surface area contributed by atoms with E-state index < -0.39 is 22.4 Å². The van der Waals surface area contributed by atoms with E-state index in [0.29, 0.717) is 19.3 Å². The molecule has 0 heterocycles. The summed E-state index contributed by atoms with van der Waals surface area (Å²) in [4.78, 5) is 28.7. The zero-order valence-electron chi connectivity index (χ0n) is 7.33. The highest BCUT2D eigenvalue weighted by atomic mass is 17.0. The van der Waals surface area contributed by atoms with Crippen molar-refractivity contribution < 1.29 is 19.8 Å². The first-order chi connectivity index (χ1) is 6.58. The predicted octanol–water partition coefficient (Wildman–Crippen LogP) is 0.714. The minimum absolute atomic E-state index is 0.196. The zero-order valence-corrected chi connectivity index (χ0v) is 7.33. The van der Waals surface area contributed by atoms with E-state index in [1.807, 2.05) is 0 Å². The van der Waals surface area contributed by atoms with Crippen molar-refractivity contribution in [1.82, 2.24) is 0 Å². The Labute approximate surface area is 79.0 Å². The molecule has 2 atom stereocenters. The fraction of sp³-hybridized carbons (Fsp3) is 1.00. The van der Waals surface area contributed by atoms with E-state index in [-0.39, 0.29) is 6.42 Å². The van der Waals surface area contributed by atoms with Gasteiger partial charge in [-0.2, -0.15) is 0 Å². The van der Waals surface area contributed by atoms with Gasteiger partial charge in [0.1, 0.15) is 12.2 Å². The van der Waals surface area contributed by atoms with Gasteiger partial charge in [-0.05, 0) is 19.3 Å². The standard InChI is InChI=1S/C6H10N2O6/c9-7(10)13-5-2-1-3-6(4-5)14-8(11)12/h5-6H,1-4H2. The molecular weight excluding hydrogens is 196 g/mol. The molecule has 1 saturated carbocycles. The lowest BCUT2D eigenvalue weighted by molar-refractivity contribution is -0.780. The molecule has 1 rings (SSSR count). The summed E-state index contributed by atoms with van der Waals surface area (Å²) in [6.07, 6.45) is 0.753. The van der Waals surface area contributed by atoms with E-state index in [0.717, 1.165) is 0 Å². The number of hydrogen-bond donors (Lipinski definition) is 0. The van der Waals surface area contributed by atoms with Crippen molar-refractivity contribution in [3.05, 3.63) is 20.2 Å². The molecule has 1 fully saturated rings. The first kappa shape index (κ1) is 10.5. The maximum Gasteiger partial charge on any atom is 0.294 e. The van der Waals surface area contributed by atoms with Gasteiger partial charge in [-0.15, -0.1) is 20.2 Å². The van der Waals surface area contributed by atoms with Crippen molar-refractivity contribution in [2.75, 3.05) is 0 Å². The van der Waals surface area contributed by atoms with Gasteiger partial charge in [-0.1, -0.05) is 0 Å². The van der Waals surface area contributed by atoms with Crippen LogP contribution < -0.4 is 0 Å².